The summed E-state index contributed by atoms with van der Waals surface area (Å²) in [4.78, 5) is 0. The lowest BCUT2D eigenvalue weighted by Crippen LogP contribution is -2.13. The van der Waals surface area contributed by atoms with Crippen LogP contribution in [0.15, 0.2) is 49.1 Å². The summed E-state index contributed by atoms with van der Waals surface area (Å²) in [6.45, 7) is 7.83. The van der Waals surface area contributed by atoms with E-state index in [1.165, 1.54) is 0 Å². The molecule has 0 radical (unpaired) electrons. The van der Waals surface area contributed by atoms with Crippen molar-refractivity contribution in [2.24, 2.45) is 0 Å². The van der Waals surface area contributed by atoms with Gasteiger partial charge in [-0.25, -0.2) is 0 Å². The van der Waals surface area contributed by atoms with E-state index in [0.29, 0.717) is 13.2 Å². The van der Waals surface area contributed by atoms with E-state index in [1.54, 1.807) is 7.11 Å². The fourth-order valence-corrected chi connectivity index (χ4v) is 2.78. The van der Waals surface area contributed by atoms with Gasteiger partial charge >= 0.3 is 0 Å². The van der Waals surface area contributed by atoms with Crippen LogP contribution in [0, 0.1) is 0 Å². The van der Waals surface area contributed by atoms with Gasteiger partial charge in [0, 0.05) is 23.7 Å². The number of allylic oxidation sites excluding steroid dienone is 1. The lowest BCUT2D eigenvalue weighted by atomic mass is 10.1. The van der Waals surface area contributed by atoms with Crippen LogP contribution in [0.3, 0.4) is 0 Å². The molecule has 3 nitrogen and oxygen atoms in total. The van der Waals surface area contributed by atoms with Crippen molar-refractivity contribution in [3.8, 4) is 11.5 Å². The van der Waals surface area contributed by atoms with Crippen LogP contribution in [0.25, 0.3) is 0 Å². The van der Waals surface area contributed by atoms with Gasteiger partial charge in [0.1, 0.15) is 0 Å². The molecule has 2 rings (SSSR count). The monoisotopic (exact) mass is 345 g/mol. The number of benzene rings is 2. The molecule has 0 aliphatic carbocycles. The minimum absolute atomic E-state index is 0.602. The average Bonchev–Trinajstić information content (AvgIpc) is 2.59. The summed E-state index contributed by atoms with van der Waals surface area (Å²) < 4.78 is 11.2. The zero-order chi connectivity index (χ0) is 17.4. The summed E-state index contributed by atoms with van der Waals surface area (Å²) >= 11 is 6.19. The van der Waals surface area contributed by atoms with Crippen LogP contribution >= 0.6 is 11.6 Å². The molecule has 0 saturated heterocycles. The number of ether oxygens (including phenoxy) is 2. The van der Waals surface area contributed by atoms with E-state index in [-0.39, 0.29) is 0 Å². The normalized spacial score (nSPS) is 10.5. The topological polar surface area (TPSA) is 30.5 Å². The maximum atomic E-state index is 6.19. The number of hydrogen-bond donors (Lipinski definition) is 1. The molecule has 128 valence electrons. The SMILES string of the molecule is C=CCc1cc(CNCc2ccccc2Cl)cc(OC)c1OCC. The molecule has 0 amide bonds. The Labute approximate surface area is 149 Å². The Kier molecular flexibility index (Phi) is 7.16. The van der Waals surface area contributed by atoms with Crippen LogP contribution < -0.4 is 14.8 Å². The summed E-state index contributed by atoms with van der Waals surface area (Å²) in [5.74, 6) is 1.56. The molecule has 0 saturated carbocycles. The Morgan fingerprint density at radius 2 is 1.96 bits per heavy atom. The quantitative estimate of drug-likeness (QED) is 0.664. The Morgan fingerprint density at radius 1 is 1.17 bits per heavy atom. The Hall–Kier alpha value is -1.97. The molecule has 0 atom stereocenters. The molecule has 4 heteroatoms. The van der Waals surface area contributed by atoms with Crippen molar-refractivity contribution in [1.82, 2.24) is 5.32 Å². The minimum atomic E-state index is 0.602. The highest BCUT2D eigenvalue weighted by Gasteiger charge is 2.12. The van der Waals surface area contributed by atoms with E-state index in [0.717, 1.165) is 46.2 Å². The van der Waals surface area contributed by atoms with Crippen LogP contribution in [0.2, 0.25) is 5.02 Å². The van der Waals surface area contributed by atoms with Gasteiger partial charge in [-0.05, 0) is 36.6 Å². The predicted molar refractivity (Wildman–Crippen MR) is 100 cm³/mol. The van der Waals surface area contributed by atoms with Gasteiger partial charge < -0.3 is 14.8 Å². The van der Waals surface area contributed by atoms with Gasteiger partial charge in [-0.15, -0.1) is 6.58 Å². The van der Waals surface area contributed by atoms with E-state index in [2.05, 4.69) is 18.0 Å². The number of halogens is 1. The van der Waals surface area contributed by atoms with Crippen molar-refractivity contribution in [1.29, 1.82) is 0 Å². The van der Waals surface area contributed by atoms with Crippen molar-refractivity contribution >= 4 is 11.6 Å². The second-order valence-electron chi connectivity index (χ2n) is 5.41. The predicted octanol–water partition coefficient (Wildman–Crippen LogP) is 4.77. The van der Waals surface area contributed by atoms with Crippen LogP contribution in [0.1, 0.15) is 23.6 Å². The second-order valence-corrected chi connectivity index (χ2v) is 5.81. The van der Waals surface area contributed by atoms with E-state index in [1.807, 2.05) is 43.3 Å². The van der Waals surface area contributed by atoms with Gasteiger partial charge in [-0.3, -0.25) is 0 Å². The fourth-order valence-electron chi connectivity index (χ4n) is 2.58. The molecule has 1 N–H and O–H groups in total. The van der Waals surface area contributed by atoms with Crippen molar-refractivity contribution in [2.45, 2.75) is 26.4 Å². The molecule has 0 unspecified atom stereocenters. The van der Waals surface area contributed by atoms with Gasteiger partial charge in [0.25, 0.3) is 0 Å². The first-order chi connectivity index (χ1) is 11.7. The first kappa shape index (κ1) is 18.4. The number of nitrogens with one attached hydrogen (secondary N) is 1. The van der Waals surface area contributed by atoms with E-state index in [4.69, 9.17) is 21.1 Å². The smallest absolute Gasteiger partial charge is 0.164 e. The zero-order valence-corrected chi connectivity index (χ0v) is 15.0. The summed E-state index contributed by atoms with van der Waals surface area (Å²) in [7, 11) is 1.66. The lowest BCUT2D eigenvalue weighted by Gasteiger charge is -2.16. The third kappa shape index (κ3) is 4.76. The van der Waals surface area contributed by atoms with Crippen LogP contribution in [0.5, 0.6) is 11.5 Å². The summed E-state index contributed by atoms with van der Waals surface area (Å²) in [5, 5.41) is 4.20. The highest BCUT2D eigenvalue weighted by molar-refractivity contribution is 6.31. The van der Waals surface area contributed by atoms with Gasteiger partial charge in [0.2, 0.25) is 0 Å². The number of hydrogen-bond acceptors (Lipinski definition) is 3. The van der Waals surface area contributed by atoms with Crippen molar-refractivity contribution < 1.29 is 9.47 Å². The molecule has 0 spiro atoms. The third-order valence-electron chi connectivity index (χ3n) is 3.67. The van der Waals surface area contributed by atoms with Gasteiger partial charge in [-0.2, -0.15) is 0 Å². The molecule has 24 heavy (non-hydrogen) atoms. The Balaban J connectivity index is 2.13. The molecule has 2 aromatic rings. The molecule has 0 aliphatic heterocycles. The molecule has 2 aromatic carbocycles. The van der Waals surface area contributed by atoms with Crippen molar-refractivity contribution in [3.63, 3.8) is 0 Å². The zero-order valence-electron chi connectivity index (χ0n) is 14.3. The highest BCUT2D eigenvalue weighted by atomic mass is 35.5. The maximum absolute atomic E-state index is 6.19. The summed E-state index contributed by atoms with van der Waals surface area (Å²) in [5.41, 5.74) is 3.31. The molecular weight excluding hydrogens is 322 g/mol. The largest absolute Gasteiger partial charge is 0.493 e. The van der Waals surface area contributed by atoms with Crippen LogP contribution in [0.4, 0.5) is 0 Å². The molecule has 0 fully saturated rings. The summed E-state index contributed by atoms with van der Waals surface area (Å²) in [6, 6.07) is 12.0. The molecule has 0 aliphatic rings. The summed E-state index contributed by atoms with van der Waals surface area (Å²) in [6.07, 6.45) is 2.61. The molecule has 0 aromatic heterocycles. The van der Waals surface area contributed by atoms with Crippen molar-refractivity contribution in [3.05, 3.63) is 70.8 Å². The van der Waals surface area contributed by atoms with Gasteiger partial charge in [-0.1, -0.05) is 41.9 Å². The first-order valence-corrected chi connectivity index (χ1v) is 8.45. The Bertz CT molecular complexity index is 685. The lowest BCUT2D eigenvalue weighted by molar-refractivity contribution is 0.308. The van der Waals surface area contributed by atoms with Gasteiger partial charge in [0.05, 0.1) is 13.7 Å². The van der Waals surface area contributed by atoms with E-state index < -0.39 is 0 Å². The Morgan fingerprint density at radius 3 is 2.62 bits per heavy atom. The van der Waals surface area contributed by atoms with Crippen molar-refractivity contribution in [2.75, 3.05) is 13.7 Å². The molecule has 0 heterocycles. The standard InChI is InChI=1S/C20H24ClNO2/c1-4-8-16-11-15(12-19(23-3)20(16)24-5-2)13-22-14-17-9-6-7-10-18(17)21/h4,6-7,9-12,22H,1,5,8,13-14H2,2-3H3. The molecular formula is C20H24ClNO2. The minimum Gasteiger partial charge on any atom is -0.493 e. The van der Waals surface area contributed by atoms with Crippen LogP contribution in [-0.2, 0) is 19.5 Å². The molecule has 0 bridgehead atoms. The highest BCUT2D eigenvalue weighted by Crippen LogP contribution is 2.33. The van der Waals surface area contributed by atoms with Crippen LogP contribution in [-0.4, -0.2) is 13.7 Å². The van der Waals surface area contributed by atoms with E-state index >= 15 is 0 Å². The average molecular weight is 346 g/mol. The second kappa shape index (κ2) is 9.36. The maximum Gasteiger partial charge on any atom is 0.164 e. The first-order valence-electron chi connectivity index (χ1n) is 8.07. The number of rotatable bonds is 9. The van der Waals surface area contributed by atoms with E-state index in [9.17, 15) is 0 Å². The third-order valence-corrected chi connectivity index (χ3v) is 4.04. The fraction of sp³-hybridized carbons (Fsp3) is 0.300. The number of methoxy groups -OCH3 is 1. The van der Waals surface area contributed by atoms with Gasteiger partial charge in [0.15, 0.2) is 11.5 Å².